The molecule has 1 amide bonds. The van der Waals surface area contributed by atoms with Crippen LogP contribution in [-0.4, -0.2) is 29.1 Å². The van der Waals surface area contributed by atoms with E-state index >= 15 is 0 Å². The highest BCUT2D eigenvalue weighted by atomic mass is 16.6. The Morgan fingerprint density at radius 1 is 1.10 bits per heavy atom. The van der Waals surface area contributed by atoms with Crippen LogP contribution in [0.1, 0.15) is 22.0 Å². The molecule has 1 N–H and O–H groups in total. The summed E-state index contributed by atoms with van der Waals surface area (Å²) in [6.45, 7) is 4.64. The molecular formula is C15H15N3O3. The maximum atomic E-state index is 12.2. The van der Waals surface area contributed by atoms with Gasteiger partial charge in [-0.1, -0.05) is 0 Å². The van der Waals surface area contributed by atoms with E-state index in [4.69, 9.17) is 9.47 Å². The summed E-state index contributed by atoms with van der Waals surface area (Å²) in [5, 5.41) is 2.80. The monoisotopic (exact) mass is 285 g/mol. The fraction of sp³-hybridized carbons (Fsp3) is 0.267. The average molecular weight is 285 g/mol. The van der Waals surface area contributed by atoms with Gasteiger partial charge in [0.15, 0.2) is 11.5 Å². The van der Waals surface area contributed by atoms with Crippen molar-refractivity contribution in [2.75, 3.05) is 18.5 Å². The van der Waals surface area contributed by atoms with Gasteiger partial charge in [0.2, 0.25) is 0 Å². The number of amides is 1. The van der Waals surface area contributed by atoms with E-state index in [1.807, 2.05) is 6.92 Å². The SMILES string of the molecule is Cc1cc(C(=O)Nc2ccc3c(c2)OCCO3)nc(C)n1. The van der Waals surface area contributed by atoms with Gasteiger partial charge in [-0.15, -0.1) is 0 Å². The number of aryl methyl sites for hydroxylation is 2. The Morgan fingerprint density at radius 3 is 2.62 bits per heavy atom. The third kappa shape index (κ3) is 2.94. The molecule has 2 aromatic rings. The van der Waals surface area contributed by atoms with Crippen molar-refractivity contribution in [2.45, 2.75) is 13.8 Å². The molecule has 0 saturated heterocycles. The first-order chi connectivity index (χ1) is 10.1. The Labute approximate surface area is 122 Å². The fourth-order valence-corrected chi connectivity index (χ4v) is 2.15. The Bertz CT molecular complexity index is 680. The molecule has 0 atom stereocenters. The third-order valence-electron chi connectivity index (χ3n) is 3.00. The molecule has 0 spiro atoms. The third-order valence-corrected chi connectivity index (χ3v) is 3.00. The van der Waals surface area contributed by atoms with E-state index < -0.39 is 0 Å². The molecule has 1 aliphatic rings. The summed E-state index contributed by atoms with van der Waals surface area (Å²) >= 11 is 0. The quantitative estimate of drug-likeness (QED) is 0.915. The van der Waals surface area contributed by atoms with Crippen LogP contribution >= 0.6 is 0 Å². The predicted octanol–water partition coefficient (Wildman–Crippen LogP) is 2.12. The molecule has 0 fully saturated rings. The lowest BCUT2D eigenvalue weighted by Crippen LogP contribution is -2.17. The second kappa shape index (κ2) is 5.40. The lowest BCUT2D eigenvalue weighted by Gasteiger charge is -2.19. The molecule has 0 radical (unpaired) electrons. The number of hydrogen-bond acceptors (Lipinski definition) is 5. The lowest BCUT2D eigenvalue weighted by atomic mass is 10.2. The summed E-state index contributed by atoms with van der Waals surface area (Å²) in [6.07, 6.45) is 0. The van der Waals surface area contributed by atoms with Crippen LogP contribution < -0.4 is 14.8 Å². The van der Waals surface area contributed by atoms with Crippen molar-refractivity contribution in [3.63, 3.8) is 0 Å². The number of ether oxygens (including phenoxy) is 2. The minimum atomic E-state index is -0.278. The highest BCUT2D eigenvalue weighted by molar-refractivity contribution is 6.03. The molecule has 0 saturated carbocycles. The maximum absolute atomic E-state index is 12.2. The second-order valence-electron chi connectivity index (χ2n) is 4.75. The summed E-state index contributed by atoms with van der Waals surface area (Å²) < 4.78 is 10.9. The van der Waals surface area contributed by atoms with E-state index in [0.29, 0.717) is 41.9 Å². The van der Waals surface area contributed by atoms with Gasteiger partial charge < -0.3 is 14.8 Å². The van der Waals surface area contributed by atoms with E-state index in [9.17, 15) is 4.79 Å². The largest absolute Gasteiger partial charge is 0.486 e. The minimum absolute atomic E-state index is 0.278. The number of nitrogens with one attached hydrogen (secondary N) is 1. The van der Waals surface area contributed by atoms with E-state index in [2.05, 4.69) is 15.3 Å². The lowest BCUT2D eigenvalue weighted by molar-refractivity contribution is 0.102. The van der Waals surface area contributed by atoms with Crippen molar-refractivity contribution >= 4 is 11.6 Å². The van der Waals surface area contributed by atoms with Crippen molar-refractivity contribution in [1.29, 1.82) is 0 Å². The molecule has 3 rings (SSSR count). The zero-order valence-corrected chi connectivity index (χ0v) is 11.8. The molecule has 2 heterocycles. The smallest absolute Gasteiger partial charge is 0.274 e. The molecule has 1 aliphatic heterocycles. The van der Waals surface area contributed by atoms with Crippen LogP contribution in [0, 0.1) is 13.8 Å². The minimum Gasteiger partial charge on any atom is -0.486 e. The summed E-state index contributed by atoms with van der Waals surface area (Å²) in [5.74, 6) is 1.62. The van der Waals surface area contributed by atoms with E-state index in [-0.39, 0.29) is 5.91 Å². The van der Waals surface area contributed by atoms with Crippen LogP contribution in [0.15, 0.2) is 24.3 Å². The van der Waals surface area contributed by atoms with Gasteiger partial charge in [0, 0.05) is 17.4 Å². The molecule has 1 aromatic carbocycles. The van der Waals surface area contributed by atoms with Crippen LogP contribution in [0.3, 0.4) is 0 Å². The van der Waals surface area contributed by atoms with Gasteiger partial charge in [-0.25, -0.2) is 9.97 Å². The highest BCUT2D eigenvalue weighted by Crippen LogP contribution is 2.32. The maximum Gasteiger partial charge on any atom is 0.274 e. The first-order valence-corrected chi connectivity index (χ1v) is 6.65. The summed E-state index contributed by atoms with van der Waals surface area (Å²) in [7, 11) is 0. The molecule has 6 nitrogen and oxygen atoms in total. The van der Waals surface area contributed by atoms with Gasteiger partial charge >= 0.3 is 0 Å². The second-order valence-corrected chi connectivity index (χ2v) is 4.75. The summed E-state index contributed by atoms with van der Waals surface area (Å²) in [4.78, 5) is 20.5. The topological polar surface area (TPSA) is 73.3 Å². The molecule has 108 valence electrons. The highest BCUT2D eigenvalue weighted by Gasteiger charge is 2.14. The number of carbonyl (C=O) groups excluding carboxylic acids is 1. The standard InChI is InChI=1S/C15H15N3O3/c1-9-7-12(17-10(2)16-9)15(19)18-11-3-4-13-14(8-11)21-6-5-20-13/h3-4,7-8H,5-6H2,1-2H3,(H,18,19). The number of benzene rings is 1. The van der Waals surface area contributed by atoms with Crippen LogP contribution in [0.25, 0.3) is 0 Å². The Hall–Kier alpha value is -2.63. The van der Waals surface area contributed by atoms with Gasteiger partial charge in [-0.05, 0) is 32.0 Å². The van der Waals surface area contributed by atoms with Crippen LogP contribution in [0.2, 0.25) is 0 Å². The van der Waals surface area contributed by atoms with Gasteiger partial charge in [-0.3, -0.25) is 4.79 Å². The summed E-state index contributed by atoms with van der Waals surface area (Å²) in [6, 6.07) is 6.94. The number of nitrogens with zero attached hydrogens (tertiary/aromatic N) is 2. The number of anilines is 1. The molecule has 21 heavy (non-hydrogen) atoms. The number of aromatic nitrogens is 2. The van der Waals surface area contributed by atoms with Crippen molar-refractivity contribution in [2.24, 2.45) is 0 Å². The molecule has 0 bridgehead atoms. The molecule has 6 heteroatoms. The van der Waals surface area contributed by atoms with Gasteiger partial charge in [0.1, 0.15) is 24.7 Å². The average Bonchev–Trinajstić information content (AvgIpc) is 2.46. The molecule has 0 aliphatic carbocycles. The molecule has 0 unspecified atom stereocenters. The zero-order valence-electron chi connectivity index (χ0n) is 11.8. The number of rotatable bonds is 2. The Balaban J connectivity index is 1.81. The van der Waals surface area contributed by atoms with Crippen molar-refractivity contribution in [3.05, 3.63) is 41.5 Å². The van der Waals surface area contributed by atoms with Crippen LogP contribution in [0.5, 0.6) is 11.5 Å². The molecular weight excluding hydrogens is 270 g/mol. The van der Waals surface area contributed by atoms with Gasteiger partial charge in [0.25, 0.3) is 5.91 Å². The van der Waals surface area contributed by atoms with Crippen LogP contribution in [0.4, 0.5) is 5.69 Å². The first-order valence-electron chi connectivity index (χ1n) is 6.65. The summed E-state index contributed by atoms with van der Waals surface area (Å²) in [5.41, 5.74) is 1.74. The van der Waals surface area contributed by atoms with Gasteiger partial charge in [0.05, 0.1) is 0 Å². The number of hydrogen-bond donors (Lipinski definition) is 1. The molecule has 1 aromatic heterocycles. The number of carbonyl (C=O) groups is 1. The van der Waals surface area contributed by atoms with Crippen molar-refractivity contribution in [1.82, 2.24) is 9.97 Å². The fourth-order valence-electron chi connectivity index (χ4n) is 2.15. The van der Waals surface area contributed by atoms with Crippen molar-refractivity contribution < 1.29 is 14.3 Å². The van der Waals surface area contributed by atoms with Gasteiger partial charge in [-0.2, -0.15) is 0 Å². The van der Waals surface area contributed by atoms with Crippen LogP contribution in [-0.2, 0) is 0 Å². The Morgan fingerprint density at radius 2 is 1.86 bits per heavy atom. The van der Waals surface area contributed by atoms with E-state index in [0.717, 1.165) is 5.69 Å². The predicted molar refractivity (Wildman–Crippen MR) is 76.9 cm³/mol. The van der Waals surface area contributed by atoms with Crippen molar-refractivity contribution in [3.8, 4) is 11.5 Å². The zero-order chi connectivity index (χ0) is 14.8. The van der Waals surface area contributed by atoms with E-state index in [1.165, 1.54) is 0 Å². The Kier molecular flexibility index (Phi) is 3.43. The first kappa shape index (κ1) is 13.4. The number of fused-ring (bicyclic) bond motifs is 1. The van der Waals surface area contributed by atoms with E-state index in [1.54, 1.807) is 31.2 Å². The normalized spacial score (nSPS) is 12.9.